The Labute approximate surface area is 177 Å². The molecule has 0 radical (unpaired) electrons. The van der Waals surface area contributed by atoms with E-state index in [4.69, 9.17) is 4.74 Å². The van der Waals surface area contributed by atoms with Crippen LogP contribution in [0.1, 0.15) is 42.0 Å². The van der Waals surface area contributed by atoms with Crippen molar-refractivity contribution in [3.8, 4) is 5.75 Å². The van der Waals surface area contributed by atoms with E-state index in [1.54, 1.807) is 6.07 Å². The molecule has 0 aliphatic carbocycles. The van der Waals surface area contributed by atoms with E-state index in [9.17, 15) is 9.18 Å². The summed E-state index contributed by atoms with van der Waals surface area (Å²) in [5.74, 6) is 1.17. The van der Waals surface area contributed by atoms with Gasteiger partial charge in [-0.15, -0.1) is 0 Å². The van der Waals surface area contributed by atoms with Gasteiger partial charge in [-0.3, -0.25) is 4.79 Å². The normalized spacial score (nSPS) is 27.6. The zero-order valence-corrected chi connectivity index (χ0v) is 17.5. The molecule has 3 fully saturated rings. The van der Waals surface area contributed by atoms with E-state index in [1.165, 1.54) is 44.7 Å². The monoisotopic (exact) mass is 408 g/mol. The first-order valence-corrected chi connectivity index (χ1v) is 11.1. The average Bonchev–Trinajstić information content (AvgIpc) is 2.79. The Morgan fingerprint density at radius 1 is 1.13 bits per heavy atom. The van der Waals surface area contributed by atoms with Gasteiger partial charge >= 0.3 is 0 Å². The zero-order valence-electron chi connectivity index (χ0n) is 17.5. The minimum atomic E-state index is -0.386. The minimum Gasteiger partial charge on any atom is -0.494 e. The van der Waals surface area contributed by atoms with Crippen LogP contribution in [0.5, 0.6) is 5.75 Å². The number of benzene rings is 2. The van der Waals surface area contributed by atoms with Crippen molar-refractivity contribution in [3.63, 3.8) is 0 Å². The number of hydrogen-bond acceptors (Lipinski definition) is 3. The number of piperidine rings is 3. The van der Waals surface area contributed by atoms with Crippen molar-refractivity contribution in [2.75, 3.05) is 33.3 Å². The number of carbonyl (C=O) groups excluding carboxylic acids is 1. The fourth-order valence-corrected chi connectivity index (χ4v) is 5.71. The van der Waals surface area contributed by atoms with Gasteiger partial charge < -0.3 is 14.5 Å². The van der Waals surface area contributed by atoms with Gasteiger partial charge in [-0.25, -0.2) is 4.39 Å². The quantitative estimate of drug-likeness (QED) is 0.766. The molecule has 0 unspecified atom stereocenters. The van der Waals surface area contributed by atoms with Crippen LogP contribution in [0.2, 0.25) is 0 Å². The summed E-state index contributed by atoms with van der Waals surface area (Å²) < 4.78 is 19.6. The molecule has 5 heteroatoms. The summed E-state index contributed by atoms with van der Waals surface area (Å²) in [6.45, 7) is 4.08. The third kappa shape index (κ3) is 3.49. The van der Waals surface area contributed by atoms with Crippen molar-refractivity contribution in [2.24, 2.45) is 11.8 Å². The lowest BCUT2D eigenvalue weighted by Gasteiger charge is -2.46. The van der Waals surface area contributed by atoms with Crippen LogP contribution < -0.4 is 4.74 Å². The number of hydrogen-bond donors (Lipinski definition) is 0. The molecule has 0 N–H and O–H groups in total. The third-order valence-corrected chi connectivity index (χ3v) is 7.32. The van der Waals surface area contributed by atoms with Crippen molar-refractivity contribution in [1.29, 1.82) is 0 Å². The molecule has 0 saturated carbocycles. The maximum Gasteiger partial charge on any atom is 0.223 e. The molecule has 4 heterocycles. The van der Waals surface area contributed by atoms with Crippen LogP contribution in [0, 0.1) is 17.7 Å². The summed E-state index contributed by atoms with van der Waals surface area (Å²) in [5, 5.41) is 0. The summed E-state index contributed by atoms with van der Waals surface area (Å²) in [6.07, 6.45) is 3.87. The first-order valence-electron chi connectivity index (χ1n) is 11.1. The van der Waals surface area contributed by atoms with Gasteiger partial charge in [-0.1, -0.05) is 30.3 Å². The summed E-state index contributed by atoms with van der Waals surface area (Å²) in [5.41, 5.74) is 3.16. The molecule has 2 aromatic carbocycles. The number of carbonyl (C=O) groups is 1. The topological polar surface area (TPSA) is 32.8 Å². The van der Waals surface area contributed by atoms with E-state index >= 15 is 0 Å². The lowest BCUT2D eigenvalue weighted by molar-refractivity contribution is -0.136. The molecule has 0 aromatic heterocycles. The minimum absolute atomic E-state index is 0.199. The number of nitrogens with zero attached hydrogens (tertiary/aromatic N) is 2. The number of amides is 1. The van der Waals surface area contributed by atoms with Crippen LogP contribution in [0.25, 0.3) is 0 Å². The SMILES string of the molecule is COc1ccc([C@@H]2c3ccccc3CCN2C(=O)C[C@@H]2CN3CCC2CC3)cc1F. The van der Waals surface area contributed by atoms with Gasteiger partial charge in [0.1, 0.15) is 0 Å². The van der Waals surface area contributed by atoms with E-state index in [0.29, 0.717) is 24.8 Å². The number of methoxy groups -OCH3 is 1. The molecular weight excluding hydrogens is 379 g/mol. The largest absolute Gasteiger partial charge is 0.494 e. The smallest absolute Gasteiger partial charge is 0.223 e. The number of fused-ring (bicyclic) bond motifs is 4. The van der Waals surface area contributed by atoms with Gasteiger partial charge in [0.2, 0.25) is 5.91 Å². The van der Waals surface area contributed by atoms with E-state index in [1.807, 2.05) is 23.1 Å². The average molecular weight is 409 g/mol. The highest BCUT2D eigenvalue weighted by molar-refractivity contribution is 5.78. The second-order valence-electron chi connectivity index (χ2n) is 8.93. The van der Waals surface area contributed by atoms with E-state index in [2.05, 4.69) is 17.0 Å². The Bertz CT molecular complexity index is 938. The van der Waals surface area contributed by atoms with Crippen LogP contribution in [0.15, 0.2) is 42.5 Å². The van der Waals surface area contributed by atoms with Crippen LogP contribution in [0.4, 0.5) is 4.39 Å². The standard InChI is InChI=1S/C25H29FN2O2/c1-30-23-7-6-19(14-22(23)26)25-21-5-3-2-4-18(21)10-13-28(25)24(29)15-20-16-27-11-8-17(20)9-12-27/h2-7,14,17,20,25H,8-13,15-16H2,1H3/t20-,25-/m1/s1. The molecule has 2 aromatic rings. The van der Waals surface area contributed by atoms with E-state index in [-0.39, 0.29) is 23.5 Å². The van der Waals surface area contributed by atoms with Crippen molar-refractivity contribution in [2.45, 2.75) is 31.7 Å². The first kappa shape index (κ1) is 19.6. The van der Waals surface area contributed by atoms with Crippen molar-refractivity contribution in [3.05, 3.63) is 65.0 Å². The Morgan fingerprint density at radius 3 is 2.63 bits per heavy atom. The van der Waals surface area contributed by atoms with Crippen LogP contribution in [-0.2, 0) is 11.2 Å². The van der Waals surface area contributed by atoms with Gasteiger partial charge in [0.15, 0.2) is 11.6 Å². The lowest BCUT2D eigenvalue weighted by atomic mass is 9.77. The lowest BCUT2D eigenvalue weighted by Crippen LogP contribution is -2.49. The van der Waals surface area contributed by atoms with Gasteiger partial charge in [0.25, 0.3) is 0 Å². The molecule has 6 rings (SSSR count). The maximum absolute atomic E-state index is 14.6. The van der Waals surface area contributed by atoms with E-state index in [0.717, 1.165) is 24.1 Å². The van der Waals surface area contributed by atoms with Gasteiger partial charge in [-0.2, -0.15) is 0 Å². The van der Waals surface area contributed by atoms with Crippen molar-refractivity contribution >= 4 is 5.91 Å². The van der Waals surface area contributed by atoms with Crippen LogP contribution >= 0.6 is 0 Å². The Morgan fingerprint density at radius 2 is 1.93 bits per heavy atom. The molecule has 30 heavy (non-hydrogen) atoms. The Kier molecular flexibility index (Phi) is 5.23. The van der Waals surface area contributed by atoms with Crippen molar-refractivity contribution in [1.82, 2.24) is 9.80 Å². The number of ether oxygens (including phenoxy) is 1. The predicted molar refractivity (Wildman–Crippen MR) is 114 cm³/mol. The third-order valence-electron chi connectivity index (χ3n) is 7.32. The summed E-state index contributed by atoms with van der Waals surface area (Å²) in [4.78, 5) is 18.0. The second kappa shape index (κ2) is 8.03. The molecule has 0 spiro atoms. The number of rotatable bonds is 4. The van der Waals surface area contributed by atoms with Crippen molar-refractivity contribution < 1.29 is 13.9 Å². The highest BCUT2D eigenvalue weighted by atomic mass is 19.1. The van der Waals surface area contributed by atoms with Crippen LogP contribution in [0.3, 0.4) is 0 Å². The first-order chi connectivity index (χ1) is 14.6. The molecule has 4 nitrogen and oxygen atoms in total. The maximum atomic E-state index is 14.6. The number of halogens is 1. The molecular formula is C25H29FN2O2. The summed E-state index contributed by atoms with van der Waals surface area (Å²) in [6, 6.07) is 13.1. The van der Waals surface area contributed by atoms with Crippen LogP contribution in [-0.4, -0.2) is 49.0 Å². The van der Waals surface area contributed by atoms with Gasteiger partial charge in [-0.05, 0) is 73.0 Å². The molecule has 1 amide bonds. The Balaban J connectivity index is 1.45. The zero-order chi connectivity index (χ0) is 20.7. The molecule has 158 valence electrons. The molecule has 2 atom stereocenters. The Hall–Kier alpha value is -2.40. The highest BCUT2D eigenvalue weighted by Crippen LogP contribution is 2.39. The molecule has 4 aliphatic heterocycles. The predicted octanol–water partition coefficient (Wildman–Crippen LogP) is 4.04. The molecule has 4 aliphatic rings. The second-order valence-corrected chi connectivity index (χ2v) is 8.93. The summed E-state index contributed by atoms with van der Waals surface area (Å²) in [7, 11) is 1.47. The summed E-state index contributed by atoms with van der Waals surface area (Å²) >= 11 is 0. The van der Waals surface area contributed by atoms with Gasteiger partial charge in [0, 0.05) is 19.5 Å². The molecule has 2 bridgehead atoms. The fourth-order valence-electron chi connectivity index (χ4n) is 5.71. The highest BCUT2D eigenvalue weighted by Gasteiger charge is 2.38. The van der Waals surface area contributed by atoms with Gasteiger partial charge in [0.05, 0.1) is 13.2 Å². The van der Waals surface area contributed by atoms with E-state index < -0.39 is 0 Å². The molecule has 3 saturated heterocycles. The fraction of sp³-hybridized carbons (Fsp3) is 0.480.